The van der Waals surface area contributed by atoms with Crippen molar-refractivity contribution in [2.24, 2.45) is 0 Å². The second-order valence-corrected chi connectivity index (χ2v) is 7.13. The summed E-state index contributed by atoms with van der Waals surface area (Å²) in [6.07, 6.45) is 2.53. The van der Waals surface area contributed by atoms with Gasteiger partial charge in [-0.2, -0.15) is 0 Å². The van der Waals surface area contributed by atoms with Crippen LogP contribution >= 0.6 is 0 Å². The number of esters is 1. The number of rotatable bonds is 8. The molecular weight excluding hydrogens is 386 g/mol. The SMILES string of the molecule is CCN(CC)CCc1cnc2n1C(c1cccc([N+](=O)[O-])c1)C(C(=O)OC)=C(C)N2. The zero-order chi connectivity index (χ0) is 21.8. The highest BCUT2D eigenvalue weighted by Gasteiger charge is 2.35. The standard InChI is InChI=1S/C21H27N5O4/c1-5-24(6-2)11-10-17-13-22-21-23-14(3)18(20(27)30-4)19(25(17)21)15-8-7-9-16(12-15)26(28)29/h7-9,12-13,19H,5-6,10-11H2,1-4H3,(H,22,23). The number of likely N-dealkylation sites (N-methyl/N-ethyl adjacent to an activating group) is 1. The van der Waals surface area contributed by atoms with Crippen molar-refractivity contribution >= 4 is 17.6 Å². The van der Waals surface area contributed by atoms with Crippen molar-refractivity contribution in [3.8, 4) is 0 Å². The predicted molar refractivity (Wildman–Crippen MR) is 113 cm³/mol. The van der Waals surface area contributed by atoms with E-state index >= 15 is 0 Å². The van der Waals surface area contributed by atoms with E-state index in [0.29, 0.717) is 22.8 Å². The largest absolute Gasteiger partial charge is 0.466 e. The van der Waals surface area contributed by atoms with Crippen LogP contribution in [0.5, 0.6) is 0 Å². The molecule has 3 rings (SSSR count). The van der Waals surface area contributed by atoms with E-state index in [1.54, 1.807) is 25.3 Å². The van der Waals surface area contributed by atoms with Gasteiger partial charge in [0, 0.05) is 36.5 Å². The summed E-state index contributed by atoms with van der Waals surface area (Å²) in [5.41, 5.74) is 2.57. The highest BCUT2D eigenvalue weighted by atomic mass is 16.6. The number of nitrogens with one attached hydrogen (secondary N) is 1. The molecule has 0 saturated carbocycles. The molecular formula is C21H27N5O4. The van der Waals surface area contributed by atoms with Crippen LogP contribution in [-0.4, -0.2) is 52.1 Å². The Morgan fingerprint density at radius 2 is 2.10 bits per heavy atom. The number of fused-ring (bicyclic) bond motifs is 1. The number of carbonyl (C=O) groups excluding carboxylic acids is 1. The van der Waals surface area contributed by atoms with Gasteiger partial charge < -0.3 is 19.5 Å². The number of allylic oxidation sites excluding steroid dienone is 1. The van der Waals surface area contributed by atoms with Crippen LogP contribution in [0.15, 0.2) is 41.7 Å². The van der Waals surface area contributed by atoms with Gasteiger partial charge in [0.15, 0.2) is 0 Å². The summed E-state index contributed by atoms with van der Waals surface area (Å²) in [6, 6.07) is 5.80. The number of anilines is 1. The fourth-order valence-corrected chi connectivity index (χ4v) is 3.84. The number of carbonyl (C=O) groups is 1. The minimum atomic E-state index is -0.567. The summed E-state index contributed by atoms with van der Waals surface area (Å²) in [5.74, 6) is 0.122. The summed E-state index contributed by atoms with van der Waals surface area (Å²) < 4.78 is 6.99. The van der Waals surface area contributed by atoms with Crippen molar-refractivity contribution in [3.63, 3.8) is 0 Å². The maximum absolute atomic E-state index is 12.7. The van der Waals surface area contributed by atoms with Crippen molar-refractivity contribution in [1.29, 1.82) is 0 Å². The van der Waals surface area contributed by atoms with E-state index in [2.05, 4.69) is 29.0 Å². The number of methoxy groups -OCH3 is 1. The molecule has 1 aromatic carbocycles. The van der Waals surface area contributed by atoms with Gasteiger partial charge in [-0.3, -0.25) is 10.1 Å². The third-order valence-corrected chi connectivity index (χ3v) is 5.49. The van der Waals surface area contributed by atoms with E-state index in [-0.39, 0.29) is 5.69 Å². The molecule has 9 heteroatoms. The van der Waals surface area contributed by atoms with Gasteiger partial charge in [0.25, 0.3) is 5.69 Å². The summed E-state index contributed by atoms with van der Waals surface area (Å²) in [4.78, 5) is 30.4. The molecule has 1 N–H and O–H groups in total. The smallest absolute Gasteiger partial charge is 0.337 e. The molecule has 0 bridgehead atoms. The average Bonchev–Trinajstić information content (AvgIpc) is 3.15. The number of ether oxygens (including phenoxy) is 1. The van der Waals surface area contributed by atoms with Gasteiger partial charge in [-0.1, -0.05) is 26.0 Å². The van der Waals surface area contributed by atoms with Crippen LogP contribution in [0.3, 0.4) is 0 Å². The number of hydrogen-bond donors (Lipinski definition) is 1. The Bertz CT molecular complexity index is 978. The zero-order valence-electron chi connectivity index (χ0n) is 17.7. The van der Waals surface area contributed by atoms with Crippen molar-refractivity contribution in [3.05, 3.63) is 63.1 Å². The van der Waals surface area contributed by atoms with Crippen LogP contribution in [0.25, 0.3) is 0 Å². The van der Waals surface area contributed by atoms with E-state index in [0.717, 1.165) is 31.7 Å². The van der Waals surface area contributed by atoms with E-state index in [9.17, 15) is 14.9 Å². The van der Waals surface area contributed by atoms with Crippen molar-refractivity contribution in [2.75, 3.05) is 32.1 Å². The summed E-state index contributed by atoms with van der Waals surface area (Å²) >= 11 is 0. The zero-order valence-corrected chi connectivity index (χ0v) is 17.7. The molecule has 0 fully saturated rings. The molecule has 0 amide bonds. The molecule has 1 unspecified atom stereocenters. The first kappa shape index (κ1) is 21.5. The Kier molecular flexibility index (Phi) is 6.51. The number of imidazole rings is 1. The first-order chi connectivity index (χ1) is 14.4. The van der Waals surface area contributed by atoms with Gasteiger partial charge in [-0.15, -0.1) is 0 Å². The van der Waals surface area contributed by atoms with E-state index in [1.807, 2.05) is 4.57 Å². The van der Waals surface area contributed by atoms with Gasteiger partial charge in [0.05, 0.1) is 29.8 Å². The van der Waals surface area contributed by atoms with Crippen LogP contribution in [0.2, 0.25) is 0 Å². The van der Waals surface area contributed by atoms with Crippen LogP contribution < -0.4 is 5.32 Å². The molecule has 0 aliphatic carbocycles. The number of aromatic nitrogens is 2. The Morgan fingerprint density at radius 1 is 1.37 bits per heavy atom. The van der Waals surface area contributed by atoms with Crippen molar-refractivity contribution in [2.45, 2.75) is 33.2 Å². The minimum Gasteiger partial charge on any atom is -0.466 e. The Balaban J connectivity index is 2.12. The molecule has 1 atom stereocenters. The Morgan fingerprint density at radius 3 is 2.73 bits per heavy atom. The molecule has 30 heavy (non-hydrogen) atoms. The molecule has 9 nitrogen and oxygen atoms in total. The summed E-state index contributed by atoms with van der Waals surface area (Å²) in [6.45, 7) is 8.74. The minimum absolute atomic E-state index is 0.0285. The highest BCUT2D eigenvalue weighted by molar-refractivity contribution is 5.92. The van der Waals surface area contributed by atoms with Gasteiger partial charge in [-0.25, -0.2) is 9.78 Å². The molecule has 2 heterocycles. The Hall–Kier alpha value is -3.20. The normalized spacial score (nSPS) is 15.7. The number of nitro benzene ring substituents is 1. The van der Waals surface area contributed by atoms with Crippen LogP contribution in [0.1, 0.15) is 38.1 Å². The van der Waals surface area contributed by atoms with Crippen molar-refractivity contribution in [1.82, 2.24) is 14.5 Å². The van der Waals surface area contributed by atoms with Crippen LogP contribution in [0.4, 0.5) is 11.6 Å². The van der Waals surface area contributed by atoms with Gasteiger partial charge >= 0.3 is 5.97 Å². The molecule has 1 aliphatic heterocycles. The molecule has 160 valence electrons. The number of benzene rings is 1. The van der Waals surface area contributed by atoms with E-state index in [4.69, 9.17) is 4.74 Å². The van der Waals surface area contributed by atoms with Crippen molar-refractivity contribution < 1.29 is 14.5 Å². The quantitative estimate of drug-likeness (QED) is 0.403. The van der Waals surface area contributed by atoms with Gasteiger partial charge in [0.2, 0.25) is 5.95 Å². The molecule has 0 radical (unpaired) electrons. The maximum Gasteiger partial charge on any atom is 0.337 e. The first-order valence-corrected chi connectivity index (χ1v) is 10.00. The maximum atomic E-state index is 12.7. The molecule has 1 aliphatic rings. The van der Waals surface area contributed by atoms with Gasteiger partial charge in [-0.05, 0) is 25.6 Å². The second-order valence-electron chi connectivity index (χ2n) is 7.13. The number of nitro groups is 1. The number of hydrogen-bond acceptors (Lipinski definition) is 7. The van der Waals surface area contributed by atoms with E-state index in [1.165, 1.54) is 19.2 Å². The summed E-state index contributed by atoms with van der Waals surface area (Å²) in [5, 5.41) is 14.5. The molecule has 2 aromatic rings. The average molecular weight is 413 g/mol. The number of non-ortho nitro benzene ring substituents is 1. The molecule has 0 spiro atoms. The highest BCUT2D eigenvalue weighted by Crippen LogP contribution is 2.38. The lowest BCUT2D eigenvalue weighted by Gasteiger charge is -2.31. The predicted octanol–water partition coefficient (Wildman–Crippen LogP) is 3.14. The second kappa shape index (κ2) is 9.08. The lowest BCUT2D eigenvalue weighted by molar-refractivity contribution is -0.384. The fourth-order valence-electron chi connectivity index (χ4n) is 3.84. The topological polar surface area (TPSA) is 103 Å². The monoisotopic (exact) mass is 413 g/mol. The third kappa shape index (κ3) is 4.06. The fraction of sp³-hybridized carbons (Fsp3) is 0.429. The lowest BCUT2D eigenvalue weighted by Crippen LogP contribution is -2.31. The van der Waals surface area contributed by atoms with E-state index < -0.39 is 16.9 Å². The molecule has 1 aromatic heterocycles. The lowest BCUT2D eigenvalue weighted by atomic mass is 9.94. The van der Waals surface area contributed by atoms with Crippen LogP contribution in [-0.2, 0) is 16.0 Å². The van der Waals surface area contributed by atoms with Crippen LogP contribution in [0, 0.1) is 10.1 Å². The van der Waals surface area contributed by atoms with Gasteiger partial charge in [0.1, 0.15) is 0 Å². The third-order valence-electron chi connectivity index (χ3n) is 5.49. The number of nitrogens with zero attached hydrogens (tertiary/aromatic N) is 4. The first-order valence-electron chi connectivity index (χ1n) is 10.00. The Labute approximate surface area is 175 Å². The summed E-state index contributed by atoms with van der Waals surface area (Å²) in [7, 11) is 1.33. The molecule has 0 saturated heterocycles.